The first-order valence-electron chi connectivity index (χ1n) is 5.09. The standard InChI is InChI=1S/C12H15ClO2/c1-3-4-8-15-12(14)10-6-5-7-11(13)9(10)2/h5-7H,3-4,8H2,1-2H3. The molecule has 0 fully saturated rings. The molecule has 82 valence electrons. The van der Waals surface area contributed by atoms with E-state index < -0.39 is 0 Å². The highest BCUT2D eigenvalue weighted by molar-refractivity contribution is 6.31. The SMILES string of the molecule is CCCCOC(=O)c1cccc(Cl)c1C. The van der Waals surface area contributed by atoms with Gasteiger partial charge in [-0.3, -0.25) is 0 Å². The average Bonchev–Trinajstić information content (AvgIpc) is 2.22. The van der Waals surface area contributed by atoms with Gasteiger partial charge >= 0.3 is 5.97 Å². The van der Waals surface area contributed by atoms with Crippen molar-refractivity contribution in [2.45, 2.75) is 26.7 Å². The lowest BCUT2D eigenvalue weighted by Crippen LogP contribution is -2.08. The summed E-state index contributed by atoms with van der Waals surface area (Å²) < 4.78 is 5.11. The third-order valence-corrected chi connectivity index (χ3v) is 2.63. The first-order valence-corrected chi connectivity index (χ1v) is 5.46. The zero-order chi connectivity index (χ0) is 11.3. The monoisotopic (exact) mass is 226 g/mol. The predicted molar refractivity (Wildman–Crippen MR) is 61.4 cm³/mol. The molecule has 1 aromatic carbocycles. The van der Waals surface area contributed by atoms with Gasteiger partial charge in [-0.25, -0.2) is 4.79 Å². The number of ether oxygens (including phenoxy) is 1. The molecule has 0 aromatic heterocycles. The molecule has 0 saturated carbocycles. The molecule has 0 N–H and O–H groups in total. The van der Waals surface area contributed by atoms with Crippen LogP contribution >= 0.6 is 11.6 Å². The molecule has 15 heavy (non-hydrogen) atoms. The van der Waals surface area contributed by atoms with Crippen LogP contribution in [0.4, 0.5) is 0 Å². The van der Waals surface area contributed by atoms with E-state index in [9.17, 15) is 4.79 Å². The molecule has 3 heteroatoms. The normalized spacial score (nSPS) is 10.1. The number of carbonyl (C=O) groups excluding carboxylic acids is 1. The zero-order valence-corrected chi connectivity index (χ0v) is 9.80. The first-order chi connectivity index (χ1) is 7.16. The summed E-state index contributed by atoms with van der Waals surface area (Å²) in [7, 11) is 0. The minimum Gasteiger partial charge on any atom is -0.462 e. The van der Waals surface area contributed by atoms with E-state index in [2.05, 4.69) is 6.92 Å². The largest absolute Gasteiger partial charge is 0.462 e. The maximum atomic E-state index is 11.6. The van der Waals surface area contributed by atoms with E-state index >= 15 is 0 Å². The van der Waals surface area contributed by atoms with Crippen molar-refractivity contribution in [3.05, 3.63) is 34.3 Å². The molecule has 0 radical (unpaired) electrons. The summed E-state index contributed by atoms with van der Waals surface area (Å²) in [6.07, 6.45) is 1.91. The number of hydrogen-bond acceptors (Lipinski definition) is 2. The van der Waals surface area contributed by atoms with Crippen LogP contribution in [0, 0.1) is 6.92 Å². The first kappa shape index (κ1) is 12.1. The van der Waals surface area contributed by atoms with Gasteiger partial charge in [0.25, 0.3) is 0 Å². The molecule has 0 aliphatic heterocycles. The molecule has 1 aromatic rings. The Balaban J connectivity index is 2.69. The summed E-state index contributed by atoms with van der Waals surface area (Å²) in [5.41, 5.74) is 1.33. The molecular formula is C12H15ClO2. The lowest BCUT2D eigenvalue weighted by atomic mass is 10.1. The van der Waals surface area contributed by atoms with Gasteiger partial charge in [0.1, 0.15) is 0 Å². The summed E-state index contributed by atoms with van der Waals surface area (Å²) in [6, 6.07) is 5.25. The van der Waals surface area contributed by atoms with Crippen LogP contribution in [0.3, 0.4) is 0 Å². The summed E-state index contributed by atoms with van der Waals surface area (Å²) in [5.74, 6) is -0.288. The van der Waals surface area contributed by atoms with Crippen molar-refractivity contribution in [3.63, 3.8) is 0 Å². The van der Waals surface area contributed by atoms with Gasteiger partial charge in [-0.1, -0.05) is 31.0 Å². The lowest BCUT2D eigenvalue weighted by molar-refractivity contribution is 0.0499. The van der Waals surface area contributed by atoms with Gasteiger partial charge in [-0.05, 0) is 31.0 Å². The summed E-state index contributed by atoms with van der Waals surface area (Å²) in [5, 5.41) is 0.597. The molecule has 0 unspecified atom stereocenters. The molecule has 2 nitrogen and oxygen atoms in total. The van der Waals surface area contributed by atoms with Crippen LogP contribution in [-0.2, 0) is 4.74 Å². The van der Waals surface area contributed by atoms with Crippen LogP contribution in [0.2, 0.25) is 5.02 Å². The molecule has 0 bridgehead atoms. The maximum absolute atomic E-state index is 11.6. The number of esters is 1. The fourth-order valence-electron chi connectivity index (χ4n) is 1.22. The van der Waals surface area contributed by atoms with Gasteiger partial charge in [-0.2, -0.15) is 0 Å². The van der Waals surface area contributed by atoms with Crippen LogP contribution in [0.5, 0.6) is 0 Å². The topological polar surface area (TPSA) is 26.3 Å². The molecular weight excluding hydrogens is 212 g/mol. The average molecular weight is 227 g/mol. The predicted octanol–water partition coefficient (Wildman–Crippen LogP) is 3.61. The van der Waals surface area contributed by atoms with Crippen molar-refractivity contribution in [3.8, 4) is 0 Å². The summed E-state index contributed by atoms with van der Waals surface area (Å²) >= 11 is 5.91. The van der Waals surface area contributed by atoms with Crippen LogP contribution in [0.1, 0.15) is 35.7 Å². The molecule has 1 rings (SSSR count). The minimum absolute atomic E-state index is 0.288. The maximum Gasteiger partial charge on any atom is 0.338 e. The van der Waals surface area contributed by atoms with Crippen LogP contribution in [-0.4, -0.2) is 12.6 Å². The Morgan fingerprint density at radius 1 is 1.47 bits per heavy atom. The number of hydrogen-bond donors (Lipinski definition) is 0. The van der Waals surface area contributed by atoms with Crippen molar-refractivity contribution < 1.29 is 9.53 Å². The van der Waals surface area contributed by atoms with Gasteiger partial charge in [0.2, 0.25) is 0 Å². The zero-order valence-electron chi connectivity index (χ0n) is 9.05. The van der Waals surface area contributed by atoms with Crippen molar-refractivity contribution in [2.24, 2.45) is 0 Å². The van der Waals surface area contributed by atoms with Gasteiger partial charge in [0.15, 0.2) is 0 Å². The van der Waals surface area contributed by atoms with Crippen LogP contribution < -0.4 is 0 Å². The number of benzene rings is 1. The third-order valence-electron chi connectivity index (χ3n) is 2.22. The molecule has 0 spiro atoms. The molecule has 0 atom stereocenters. The van der Waals surface area contributed by atoms with E-state index in [4.69, 9.17) is 16.3 Å². The Morgan fingerprint density at radius 2 is 2.20 bits per heavy atom. The van der Waals surface area contributed by atoms with Crippen LogP contribution in [0.15, 0.2) is 18.2 Å². The number of carbonyl (C=O) groups is 1. The smallest absolute Gasteiger partial charge is 0.338 e. The Kier molecular flexibility index (Phi) is 4.63. The molecule has 0 saturated heterocycles. The summed E-state index contributed by atoms with van der Waals surface area (Å²) in [6.45, 7) is 4.35. The Labute approximate surface area is 95.2 Å². The number of unbranched alkanes of at least 4 members (excludes halogenated alkanes) is 1. The van der Waals surface area contributed by atoms with Crippen molar-refractivity contribution >= 4 is 17.6 Å². The highest BCUT2D eigenvalue weighted by atomic mass is 35.5. The molecule has 0 aliphatic rings. The number of rotatable bonds is 4. The van der Waals surface area contributed by atoms with Gasteiger partial charge < -0.3 is 4.74 Å². The van der Waals surface area contributed by atoms with Gasteiger partial charge in [-0.15, -0.1) is 0 Å². The van der Waals surface area contributed by atoms with E-state index in [1.54, 1.807) is 18.2 Å². The van der Waals surface area contributed by atoms with E-state index in [0.717, 1.165) is 18.4 Å². The lowest BCUT2D eigenvalue weighted by Gasteiger charge is -2.07. The Bertz CT molecular complexity index is 347. The van der Waals surface area contributed by atoms with E-state index in [0.29, 0.717) is 17.2 Å². The van der Waals surface area contributed by atoms with Crippen molar-refractivity contribution in [1.82, 2.24) is 0 Å². The highest BCUT2D eigenvalue weighted by Gasteiger charge is 2.11. The second-order valence-corrected chi connectivity index (χ2v) is 3.81. The van der Waals surface area contributed by atoms with E-state index in [1.165, 1.54) is 0 Å². The summed E-state index contributed by atoms with van der Waals surface area (Å²) in [4.78, 5) is 11.6. The van der Waals surface area contributed by atoms with Crippen molar-refractivity contribution in [1.29, 1.82) is 0 Å². The second-order valence-electron chi connectivity index (χ2n) is 3.40. The van der Waals surface area contributed by atoms with E-state index in [1.807, 2.05) is 6.92 Å². The fraction of sp³-hybridized carbons (Fsp3) is 0.417. The van der Waals surface area contributed by atoms with Gasteiger partial charge in [0.05, 0.1) is 12.2 Å². The fourth-order valence-corrected chi connectivity index (χ4v) is 1.39. The minimum atomic E-state index is -0.288. The van der Waals surface area contributed by atoms with Crippen molar-refractivity contribution in [2.75, 3.05) is 6.61 Å². The molecule has 0 heterocycles. The highest BCUT2D eigenvalue weighted by Crippen LogP contribution is 2.19. The Hall–Kier alpha value is -1.02. The molecule has 0 aliphatic carbocycles. The Morgan fingerprint density at radius 3 is 2.87 bits per heavy atom. The second kappa shape index (κ2) is 5.76. The third kappa shape index (κ3) is 3.24. The van der Waals surface area contributed by atoms with Gasteiger partial charge in [0, 0.05) is 5.02 Å². The quantitative estimate of drug-likeness (QED) is 0.579. The van der Waals surface area contributed by atoms with Crippen LogP contribution in [0.25, 0.3) is 0 Å². The van der Waals surface area contributed by atoms with E-state index in [-0.39, 0.29) is 5.97 Å². The molecule has 0 amide bonds. The number of halogens is 1.